The second-order valence-electron chi connectivity index (χ2n) is 6.15. The van der Waals surface area contributed by atoms with Crippen LogP contribution in [0, 0.1) is 0 Å². The third kappa shape index (κ3) is 2.71. The number of carbonyl (C=O) groups is 2. The second-order valence-corrected chi connectivity index (χ2v) is 7.16. The molecule has 2 atom stereocenters. The zero-order chi connectivity index (χ0) is 18.6. The number of hydrogen-bond acceptors (Lipinski definition) is 8. The fourth-order valence-corrected chi connectivity index (χ4v) is 3.61. The highest BCUT2D eigenvalue weighted by atomic mass is 32.3. The molecule has 0 saturated carbocycles. The maximum atomic E-state index is 12.7. The standard InChI is InChI=1S/C12H16N6O7S/c1-16-9-7(4-14-16)8-5-17(12(20)18(8)25-26(21,22)23)10(9)11(19)15-24-6-2-13-3-6/h4,6,8,10,13H,2-3,5H2,1H3,(H,15,19)(H,21,22,23). The van der Waals surface area contributed by atoms with E-state index in [-0.39, 0.29) is 12.6 Å². The Bertz CT molecular complexity index is 865. The molecule has 3 aliphatic rings. The fourth-order valence-electron chi connectivity index (χ4n) is 3.24. The van der Waals surface area contributed by atoms with Gasteiger partial charge in [0.2, 0.25) is 0 Å². The van der Waals surface area contributed by atoms with Crippen molar-refractivity contribution in [3.8, 4) is 0 Å². The summed E-state index contributed by atoms with van der Waals surface area (Å²) in [5.41, 5.74) is 3.19. The van der Waals surface area contributed by atoms with Gasteiger partial charge >= 0.3 is 16.4 Å². The van der Waals surface area contributed by atoms with E-state index in [4.69, 9.17) is 9.39 Å². The van der Waals surface area contributed by atoms with E-state index in [1.54, 1.807) is 7.05 Å². The van der Waals surface area contributed by atoms with Gasteiger partial charge in [0.15, 0.2) is 6.04 Å². The van der Waals surface area contributed by atoms with E-state index in [2.05, 4.69) is 20.2 Å². The van der Waals surface area contributed by atoms with Gasteiger partial charge in [-0.15, -0.1) is 4.28 Å². The number of carbonyl (C=O) groups excluding carboxylic acids is 2. The van der Waals surface area contributed by atoms with Crippen LogP contribution in [-0.4, -0.2) is 70.4 Å². The third-order valence-electron chi connectivity index (χ3n) is 4.52. The van der Waals surface area contributed by atoms with Crippen LogP contribution < -0.4 is 10.8 Å². The van der Waals surface area contributed by atoms with Gasteiger partial charge in [-0.05, 0) is 0 Å². The van der Waals surface area contributed by atoms with Crippen molar-refractivity contribution < 1.29 is 31.7 Å². The highest BCUT2D eigenvalue weighted by Crippen LogP contribution is 2.44. The van der Waals surface area contributed by atoms with Crippen molar-refractivity contribution in [1.82, 2.24) is 30.5 Å². The highest BCUT2D eigenvalue weighted by Gasteiger charge is 2.54. The summed E-state index contributed by atoms with van der Waals surface area (Å²) in [5.74, 6) is -0.595. The molecule has 14 heteroatoms. The SMILES string of the molecule is Cn1ncc2c1C(C(=O)NOC1CNC1)N1CC2N(OS(=O)(=O)O)C1=O. The summed E-state index contributed by atoms with van der Waals surface area (Å²) in [7, 11) is -3.31. The van der Waals surface area contributed by atoms with E-state index < -0.39 is 34.4 Å². The number of rotatable bonds is 5. The Balaban J connectivity index is 1.65. The molecule has 4 rings (SSSR count). The van der Waals surface area contributed by atoms with Crippen LogP contribution in [0.25, 0.3) is 0 Å². The molecule has 142 valence electrons. The van der Waals surface area contributed by atoms with Crippen LogP contribution in [0.1, 0.15) is 23.3 Å². The van der Waals surface area contributed by atoms with Gasteiger partial charge in [0, 0.05) is 25.7 Å². The monoisotopic (exact) mass is 388 g/mol. The molecule has 4 heterocycles. The Labute approximate surface area is 147 Å². The number of fused-ring (bicyclic) bond motifs is 4. The molecule has 1 aromatic heterocycles. The first-order valence-corrected chi connectivity index (χ1v) is 9.07. The lowest BCUT2D eigenvalue weighted by molar-refractivity contribution is -0.146. The van der Waals surface area contributed by atoms with E-state index in [1.165, 1.54) is 10.9 Å². The van der Waals surface area contributed by atoms with Crippen molar-refractivity contribution >= 4 is 22.3 Å². The average Bonchev–Trinajstić information content (AvgIpc) is 3.00. The van der Waals surface area contributed by atoms with Gasteiger partial charge in [-0.3, -0.25) is 18.9 Å². The van der Waals surface area contributed by atoms with Crippen molar-refractivity contribution in [2.24, 2.45) is 7.05 Å². The molecule has 0 aromatic carbocycles. The molecule has 3 amide bonds. The summed E-state index contributed by atoms with van der Waals surface area (Å²) in [6.45, 7) is 1.20. The zero-order valence-electron chi connectivity index (χ0n) is 13.5. The molecule has 3 N–H and O–H groups in total. The number of urea groups is 1. The number of hydroxylamine groups is 3. The summed E-state index contributed by atoms with van der Waals surface area (Å²) in [4.78, 5) is 31.6. The van der Waals surface area contributed by atoms with Gasteiger partial charge in [-0.2, -0.15) is 18.6 Å². The number of aromatic nitrogens is 2. The molecular formula is C12H16N6O7S. The molecule has 0 spiro atoms. The van der Waals surface area contributed by atoms with E-state index in [0.717, 1.165) is 4.90 Å². The Morgan fingerprint density at radius 2 is 2.19 bits per heavy atom. The smallest absolute Gasteiger partial charge is 0.311 e. The van der Waals surface area contributed by atoms with Crippen LogP contribution in [0.15, 0.2) is 6.20 Å². The lowest BCUT2D eigenvalue weighted by Gasteiger charge is -2.31. The summed E-state index contributed by atoms with van der Waals surface area (Å²) in [6, 6.07) is -2.77. The number of amides is 3. The Kier molecular flexibility index (Phi) is 3.89. The summed E-state index contributed by atoms with van der Waals surface area (Å²) in [5, 5.41) is 7.60. The summed E-state index contributed by atoms with van der Waals surface area (Å²) >= 11 is 0. The predicted molar refractivity (Wildman–Crippen MR) is 81.2 cm³/mol. The molecule has 13 nitrogen and oxygen atoms in total. The molecule has 0 radical (unpaired) electrons. The van der Waals surface area contributed by atoms with Gasteiger partial charge < -0.3 is 10.2 Å². The van der Waals surface area contributed by atoms with Crippen LogP contribution in [0.4, 0.5) is 4.79 Å². The third-order valence-corrected chi connectivity index (χ3v) is 4.87. The van der Waals surface area contributed by atoms with Crippen LogP contribution in [0.3, 0.4) is 0 Å². The molecule has 2 unspecified atom stereocenters. The van der Waals surface area contributed by atoms with Crippen molar-refractivity contribution in [3.63, 3.8) is 0 Å². The van der Waals surface area contributed by atoms with Gasteiger partial charge in [-0.1, -0.05) is 0 Å². The molecule has 1 aromatic rings. The van der Waals surface area contributed by atoms with Gasteiger partial charge in [-0.25, -0.2) is 10.3 Å². The van der Waals surface area contributed by atoms with E-state index >= 15 is 0 Å². The molecule has 0 aliphatic carbocycles. The molecule has 2 bridgehead atoms. The minimum Gasteiger partial charge on any atom is -0.311 e. The number of hydrogen-bond donors (Lipinski definition) is 3. The summed E-state index contributed by atoms with van der Waals surface area (Å²) in [6.07, 6.45) is 1.27. The highest BCUT2D eigenvalue weighted by molar-refractivity contribution is 7.80. The maximum Gasteiger partial charge on any atom is 0.418 e. The van der Waals surface area contributed by atoms with Crippen LogP contribution in [0.2, 0.25) is 0 Å². The predicted octanol–water partition coefficient (Wildman–Crippen LogP) is -1.99. The minimum atomic E-state index is -4.91. The van der Waals surface area contributed by atoms with Gasteiger partial charge in [0.25, 0.3) is 5.91 Å². The number of aryl methyl sites for hydroxylation is 1. The number of nitrogens with zero attached hydrogens (tertiary/aromatic N) is 4. The first kappa shape index (κ1) is 17.2. The van der Waals surface area contributed by atoms with E-state index in [0.29, 0.717) is 29.4 Å². The van der Waals surface area contributed by atoms with Crippen molar-refractivity contribution in [1.29, 1.82) is 0 Å². The maximum absolute atomic E-state index is 12.7. The first-order valence-electron chi connectivity index (χ1n) is 7.71. The van der Waals surface area contributed by atoms with Crippen molar-refractivity contribution in [3.05, 3.63) is 17.5 Å². The Morgan fingerprint density at radius 1 is 1.46 bits per heavy atom. The Morgan fingerprint density at radius 3 is 2.81 bits per heavy atom. The van der Waals surface area contributed by atoms with Crippen LogP contribution >= 0.6 is 0 Å². The fraction of sp³-hybridized carbons (Fsp3) is 0.583. The molecule has 3 aliphatic heterocycles. The van der Waals surface area contributed by atoms with Crippen LogP contribution in [-0.2, 0) is 31.4 Å². The topological polar surface area (TPSA) is 155 Å². The van der Waals surface area contributed by atoms with Gasteiger partial charge in [0.05, 0.1) is 18.4 Å². The largest absolute Gasteiger partial charge is 0.418 e. The quantitative estimate of drug-likeness (QED) is 0.384. The molecule has 2 fully saturated rings. The minimum absolute atomic E-state index is 0.00385. The lowest BCUT2D eigenvalue weighted by Crippen LogP contribution is -2.53. The first-order chi connectivity index (χ1) is 12.3. The van der Waals surface area contributed by atoms with Crippen LogP contribution in [0.5, 0.6) is 0 Å². The Hall–Kier alpha value is -2.26. The van der Waals surface area contributed by atoms with Gasteiger partial charge in [0.1, 0.15) is 12.1 Å². The normalized spacial score (nSPS) is 25.2. The second kappa shape index (κ2) is 5.88. The molecule has 26 heavy (non-hydrogen) atoms. The lowest BCUT2D eigenvalue weighted by atomic mass is 9.97. The molecular weight excluding hydrogens is 372 g/mol. The zero-order valence-corrected chi connectivity index (χ0v) is 14.3. The van der Waals surface area contributed by atoms with E-state index in [9.17, 15) is 18.0 Å². The van der Waals surface area contributed by atoms with Crippen molar-refractivity contribution in [2.75, 3.05) is 19.6 Å². The van der Waals surface area contributed by atoms with Crippen molar-refractivity contribution in [2.45, 2.75) is 18.2 Å². The van der Waals surface area contributed by atoms with E-state index in [1.807, 2.05) is 0 Å². The summed E-state index contributed by atoms with van der Waals surface area (Å²) < 4.78 is 36.9. The molecule has 2 saturated heterocycles. The number of nitrogens with one attached hydrogen (secondary N) is 2. The average molecular weight is 388 g/mol.